The largest absolute Gasteiger partial charge is 0.455 e. The van der Waals surface area contributed by atoms with Gasteiger partial charge in [0.05, 0.1) is 5.02 Å². The average Bonchev–Trinajstić information content (AvgIpc) is 2.81. The summed E-state index contributed by atoms with van der Waals surface area (Å²) in [5, 5.41) is 0.611. The van der Waals surface area contributed by atoms with Crippen LogP contribution in [0.25, 0.3) is 0 Å². The molecule has 2 aromatic rings. The third kappa shape index (κ3) is 1.94. The summed E-state index contributed by atoms with van der Waals surface area (Å²) in [7, 11) is 0.731. The van der Waals surface area contributed by atoms with Crippen LogP contribution in [0, 0.1) is 0 Å². The van der Waals surface area contributed by atoms with Gasteiger partial charge in [-0.3, -0.25) is 0 Å². The Morgan fingerprint density at radius 1 is 1.00 bits per heavy atom. The molecular formula is C13H9BClNO. The van der Waals surface area contributed by atoms with E-state index in [9.17, 15) is 0 Å². The van der Waals surface area contributed by atoms with Crippen molar-refractivity contribution < 1.29 is 4.74 Å². The van der Waals surface area contributed by atoms with Gasteiger partial charge in [0.25, 0.3) is 7.41 Å². The minimum Gasteiger partial charge on any atom is -0.455 e. The molecule has 1 aliphatic rings. The fraction of sp³-hybridized carbons (Fsp3) is 0. The molecule has 3 rings (SSSR count). The molecule has 0 unspecified atom stereocenters. The van der Waals surface area contributed by atoms with Crippen molar-refractivity contribution >= 4 is 30.7 Å². The zero-order valence-corrected chi connectivity index (χ0v) is 9.82. The maximum atomic E-state index is 6.07. The third-order valence-electron chi connectivity index (χ3n) is 2.70. The standard InChI is InChI=1S/C13H9BClNO/c15-11-5-1-2-6-13(11)17-12-7-3-4-10-9(12)8-16-14-10/h1-8,14H. The van der Waals surface area contributed by atoms with Gasteiger partial charge in [0.15, 0.2) is 0 Å². The van der Waals surface area contributed by atoms with Crippen LogP contribution in [0.1, 0.15) is 5.56 Å². The summed E-state index contributed by atoms with van der Waals surface area (Å²) in [4.78, 5) is 4.24. The molecule has 0 bridgehead atoms. The number of hydrogen-bond donors (Lipinski definition) is 0. The van der Waals surface area contributed by atoms with E-state index in [1.807, 2.05) is 42.6 Å². The molecular weight excluding hydrogens is 232 g/mol. The normalized spacial score (nSPS) is 12.1. The van der Waals surface area contributed by atoms with Gasteiger partial charge in [0.2, 0.25) is 0 Å². The van der Waals surface area contributed by atoms with Crippen LogP contribution in [-0.4, -0.2) is 13.6 Å². The van der Waals surface area contributed by atoms with E-state index < -0.39 is 0 Å². The summed E-state index contributed by atoms with van der Waals surface area (Å²) in [6, 6.07) is 13.4. The van der Waals surface area contributed by atoms with Crippen molar-refractivity contribution in [1.29, 1.82) is 0 Å². The molecule has 0 aliphatic carbocycles. The molecule has 0 radical (unpaired) electrons. The highest BCUT2D eigenvalue weighted by Crippen LogP contribution is 2.30. The Morgan fingerprint density at radius 2 is 1.82 bits per heavy atom. The van der Waals surface area contributed by atoms with Crippen LogP contribution in [-0.2, 0) is 0 Å². The molecule has 0 saturated carbocycles. The van der Waals surface area contributed by atoms with E-state index in [1.54, 1.807) is 0 Å². The van der Waals surface area contributed by atoms with Gasteiger partial charge in [-0.25, -0.2) is 0 Å². The molecule has 17 heavy (non-hydrogen) atoms. The van der Waals surface area contributed by atoms with Gasteiger partial charge in [-0.15, -0.1) is 0 Å². The summed E-state index contributed by atoms with van der Waals surface area (Å²) >= 11 is 6.07. The molecule has 2 aromatic carbocycles. The van der Waals surface area contributed by atoms with Crippen molar-refractivity contribution in [2.45, 2.75) is 0 Å². The van der Waals surface area contributed by atoms with Crippen LogP contribution in [0.4, 0.5) is 0 Å². The number of rotatable bonds is 2. The molecule has 0 saturated heterocycles. The highest BCUT2D eigenvalue weighted by Gasteiger charge is 2.13. The van der Waals surface area contributed by atoms with Gasteiger partial charge in [-0.1, -0.05) is 35.9 Å². The predicted octanol–water partition coefficient (Wildman–Crippen LogP) is 2.54. The molecule has 4 heteroatoms. The van der Waals surface area contributed by atoms with Crippen molar-refractivity contribution in [1.82, 2.24) is 0 Å². The Kier molecular flexibility index (Phi) is 2.61. The first-order chi connectivity index (χ1) is 8.34. The molecule has 0 N–H and O–H groups in total. The molecule has 82 valence electrons. The predicted molar refractivity (Wildman–Crippen MR) is 72.3 cm³/mol. The first kappa shape index (κ1) is 10.4. The lowest BCUT2D eigenvalue weighted by atomic mass is 9.84. The Hall–Kier alpha value is -1.74. The lowest BCUT2D eigenvalue weighted by Gasteiger charge is -2.10. The number of fused-ring (bicyclic) bond motifs is 1. The fourth-order valence-electron chi connectivity index (χ4n) is 1.84. The van der Waals surface area contributed by atoms with Gasteiger partial charge >= 0.3 is 0 Å². The van der Waals surface area contributed by atoms with E-state index in [0.29, 0.717) is 10.8 Å². The van der Waals surface area contributed by atoms with Crippen LogP contribution < -0.4 is 10.2 Å². The van der Waals surface area contributed by atoms with E-state index in [1.165, 1.54) is 5.46 Å². The monoisotopic (exact) mass is 241 g/mol. The quantitative estimate of drug-likeness (QED) is 0.741. The van der Waals surface area contributed by atoms with Crippen molar-refractivity contribution in [3.63, 3.8) is 0 Å². The van der Waals surface area contributed by atoms with Crippen LogP contribution >= 0.6 is 11.6 Å². The highest BCUT2D eigenvalue weighted by atomic mass is 35.5. The molecule has 0 amide bonds. The number of para-hydroxylation sites is 1. The van der Waals surface area contributed by atoms with Gasteiger partial charge in [-0.2, -0.15) is 0 Å². The van der Waals surface area contributed by atoms with Gasteiger partial charge < -0.3 is 9.64 Å². The minimum absolute atomic E-state index is 0.611. The topological polar surface area (TPSA) is 21.6 Å². The summed E-state index contributed by atoms with van der Waals surface area (Å²) in [6.07, 6.45) is 1.85. The maximum absolute atomic E-state index is 6.07. The molecule has 0 spiro atoms. The number of hydrogen-bond acceptors (Lipinski definition) is 2. The molecule has 0 atom stereocenters. The maximum Gasteiger partial charge on any atom is 0.295 e. The lowest BCUT2D eigenvalue weighted by Crippen LogP contribution is -2.11. The number of nitrogens with zero attached hydrogens (tertiary/aromatic N) is 1. The third-order valence-corrected chi connectivity index (χ3v) is 3.01. The van der Waals surface area contributed by atoms with E-state index in [0.717, 1.165) is 18.7 Å². The SMILES string of the molecule is Clc1ccccc1Oc1cccc2c1C=NB2. The number of benzene rings is 2. The lowest BCUT2D eigenvalue weighted by molar-refractivity contribution is 0.483. The van der Waals surface area contributed by atoms with Gasteiger partial charge in [-0.05, 0) is 23.7 Å². The van der Waals surface area contributed by atoms with E-state index in [4.69, 9.17) is 16.3 Å². The van der Waals surface area contributed by atoms with E-state index in [-0.39, 0.29) is 0 Å². The number of ether oxygens (including phenoxy) is 1. The van der Waals surface area contributed by atoms with Crippen molar-refractivity contribution in [3.05, 3.63) is 53.1 Å². The Morgan fingerprint density at radius 3 is 2.71 bits per heavy atom. The summed E-state index contributed by atoms with van der Waals surface area (Å²) < 4.78 is 5.83. The van der Waals surface area contributed by atoms with Crippen LogP contribution in [0.5, 0.6) is 11.5 Å². The average molecular weight is 241 g/mol. The zero-order valence-electron chi connectivity index (χ0n) is 9.06. The van der Waals surface area contributed by atoms with Crippen molar-refractivity contribution in [2.75, 3.05) is 0 Å². The summed E-state index contributed by atoms with van der Waals surface area (Å²) in [5.74, 6) is 1.47. The van der Waals surface area contributed by atoms with Crippen LogP contribution in [0.15, 0.2) is 47.4 Å². The zero-order chi connectivity index (χ0) is 11.7. The Labute approximate surface area is 105 Å². The molecule has 0 aromatic heterocycles. The minimum atomic E-state index is 0.611. The van der Waals surface area contributed by atoms with Crippen molar-refractivity contribution in [3.8, 4) is 11.5 Å². The Balaban J connectivity index is 1.99. The first-order valence-electron chi connectivity index (χ1n) is 5.39. The second-order valence-corrected chi connectivity index (χ2v) is 4.24. The van der Waals surface area contributed by atoms with Crippen molar-refractivity contribution in [2.24, 2.45) is 4.90 Å². The number of halogens is 1. The molecule has 2 nitrogen and oxygen atoms in total. The first-order valence-corrected chi connectivity index (χ1v) is 5.76. The second kappa shape index (κ2) is 4.26. The molecule has 0 fully saturated rings. The summed E-state index contributed by atoms with van der Waals surface area (Å²) in [5.41, 5.74) is 2.24. The van der Waals surface area contributed by atoms with E-state index >= 15 is 0 Å². The van der Waals surface area contributed by atoms with Crippen LogP contribution in [0.3, 0.4) is 0 Å². The van der Waals surface area contributed by atoms with Gasteiger partial charge in [0.1, 0.15) is 11.5 Å². The molecule has 1 heterocycles. The fourth-order valence-corrected chi connectivity index (χ4v) is 2.02. The Bertz CT molecular complexity index is 598. The van der Waals surface area contributed by atoms with Gasteiger partial charge in [0, 0.05) is 11.8 Å². The second-order valence-electron chi connectivity index (χ2n) is 3.83. The van der Waals surface area contributed by atoms with E-state index in [2.05, 4.69) is 11.0 Å². The smallest absolute Gasteiger partial charge is 0.295 e. The highest BCUT2D eigenvalue weighted by molar-refractivity contribution is 6.58. The van der Waals surface area contributed by atoms with Crippen LogP contribution in [0.2, 0.25) is 5.02 Å². The molecule has 1 aliphatic heterocycles. The summed E-state index contributed by atoms with van der Waals surface area (Å²) in [6.45, 7) is 0.